The lowest BCUT2D eigenvalue weighted by atomic mass is 9.72. The Bertz CT molecular complexity index is 2290. The molecule has 7 aromatic rings. The Hall–Kier alpha value is -6.06. The van der Waals surface area contributed by atoms with Crippen molar-refractivity contribution in [3.8, 4) is 33.8 Å². The van der Waals surface area contributed by atoms with Crippen LogP contribution in [0.1, 0.15) is 30.5 Å². The number of rotatable bonds is 5. The summed E-state index contributed by atoms with van der Waals surface area (Å²) in [6.07, 6.45) is 0. The van der Waals surface area contributed by atoms with Gasteiger partial charge in [-0.15, -0.1) is 0 Å². The van der Waals surface area contributed by atoms with E-state index >= 15 is 0 Å². The second-order valence-corrected chi connectivity index (χ2v) is 13.4. The molecule has 49 heavy (non-hydrogen) atoms. The number of ether oxygens (including phenoxy) is 1. The first-order valence-corrected chi connectivity index (χ1v) is 17.0. The summed E-state index contributed by atoms with van der Waals surface area (Å²) in [5, 5.41) is 0. The highest BCUT2D eigenvalue weighted by Crippen LogP contribution is 2.63. The third-order valence-electron chi connectivity index (χ3n) is 10.2. The summed E-state index contributed by atoms with van der Waals surface area (Å²) >= 11 is 0. The average molecular weight is 633 g/mol. The third kappa shape index (κ3) is 4.57. The van der Waals surface area contributed by atoms with Crippen LogP contribution in [0.5, 0.6) is 11.5 Å². The van der Waals surface area contributed by atoms with Gasteiger partial charge in [0.15, 0.2) is 11.5 Å². The summed E-state index contributed by atoms with van der Waals surface area (Å²) < 4.78 is 7.25. The van der Waals surface area contributed by atoms with Crippen LogP contribution < -0.4 is 14.5 Å². The van der Waals surface area contributed by atoms with E-state index in [0.29, 0.717) is 0 Å². The number of para-hydroxylation sites is 3. The minimum atomic E-state index is -0.196. The predicted molar refractivity (Wildman–Crippen MR) is 204 cm³/mol. The van der Waals surface area contributed by atoms with Crippen molar-refractivity contribution in [2.45, 2.75) is 26.2 Å². The Labute approximate surface area is 288 Å². The predicted octanol–water partition coefficient (Wildman–Crippen LogP) is 13.0. The summed E-state index contributed by atoms with van der Waals surface area (Å²) in [5.74, 6) is 1.79. The van der Waals surface area contributed by atoms with Crippen molar-refractivity contribution in [3.05, 3.63) is 180 Å². The zero-order valence-electron chi connectivity index (χ0n) is 27.9. The van der Waals surface area contributed by atoms with Crippen molar-refractivity contribution in [1.82, 2.24) is 0 Å². The van der Waals surface area contributed by atoms with Gasteiger partial charge in [0.1, 0.15) is 0 Å². The number of anilines is 6. The standard InChI is InChI=1S/C46H36N2O/c1-31-23-28-37(33-24-26-36(27-25-33)47(34-17-9-5-10-18-34)35-19-11-6-12-20-35)44-42(31)48-41-22-14-13-21-39(41)46(2,3)40-30-29-38(45(49-44)43(40)48)32-15-7-4-8-16-32/h4-30H,1-3H3. The SMILES string of the molecule is Cc1ccc(-c2ccc(N(c3ccccc3)c3ccccc3)cc2)c2c1N1c3ccccc3C(C)(C)c3ccc(-c4ccccc4)c(c31)O2. The number of fused-ring (bicyclic) bond motifs is 4. The van der Waals surface area contributed by atoms with Crippen molar-refractivity contribution in [2.75, 3.05) is 9.80 Å². The molecule has 0 aromatic heterocycles. The highest BCUT2D eigenvalue weighted by Gasteiger charge is 2.43. The molecule has 0 bridgehead atoms. The highest BCUT2D eigenvalue weighted by molar-refractivity contribution is 6.00. The van der Waals surface area contributed by atoms with Crippen molar-refractivity contribution in [3.63, 3.8) is 0 Å². The number of hydrogen-bond acceptors (Lipinski definition) is 3. The molecule has 0 unspecified atom stereocenters. The first-order chi connectivity index (χ1) is 24.0. The number of aryl methyl sites for hydroxylation is 1. The summed E-state index contributed by atoms with van der Waals surface area (Å²) in [7, 11) is 0. The Kier molecular flexibility index (Phi) is 6.70. The molecule has 0 atom stereocenters. The summed E-state index contributed by atoms with van der Waals surface area (Å²) in [4.78, 5) is 4.76. The van der Waals surface area contributed by atoms with Crippen LogP contribution in [0, 0.1) is 6.92 Å². The van der Waals surface area contributed by atoms with Crippen LogP contribution in [0.15, 0.2) is 164 Å². The number of hydrogen-bond donors (Lipinski definition) is 0. The largest absolute Gasteiger partial charge is 0.452 e. The van der Waals surface area contributed by atoms with Crippen LogP contribution in [0.2, 0.25) is 0 Å². The topological polar surface area (TPSA) is 15.7 Å². The molecule has 0 fully saturated rings. The maximum Gasteiger partial charge on any atom is 0.159 e. The first kappa shape index (κ1) is 29.1. The summed E-state index contributed by atoms with van der Waals surface area (Å²) in [6, 6.07) is 58.4. The molecular weight excluding hydrogens is 597 g/mol. The zero-order chi connectivity index (χ0) is 33.1. The maximum atomic E-state index is 7.25. The Morgan fingerprint density at radius 1 is 0.469 bits per heavy atom. The number of nitrogens with zero attached hydrogens (tertiary/aromatic N) is 2. The summed E-state index contributed by atoms with van der Waals surface area (Å²) in [5.41, 5.74) is 14.7. The van der Waals surface area contributed by atoms with E-state index in [2.05, 4.69) is 194 Å². The van der Waals surface area contributed by atoms with Gasteiger partial charge in [-0.2, -0.15) is 0 Å². The molecule has 0 saturated carbocycles. The van der Waals surface area contributed by atoms with Gasteiger partial charge in [-0.1, -0.05) is 135 Å². The van der Waals surface area contributed by atoms with E-state index in [0.717, 1.165) is 62.2 Å². The fraction of sp³-hybridized carbons (Fsp3) is 0.0870. The van der Waals surface area contributed by atoms with E-state index in [9.17, 15) is 0 Å². The fourth-order valence-electron chi connectivity index (χ4n) is 7.71. The second kappa shape index (κ2) is 11.3. The van der Waals surface area contributed by atoms with Gasteiger partial charge < -0.3 is 14.5 Å². The van der Waals surface area contributed by atoms with Gasteiger partial charge in [-0.25, -0.2) is 0 Å². The van der Waals surface area contributed by atoms with Crippen molar-refractivity contribution in [1.29, 1.82) is 0 Å². The maximum absolute atomic E-state index is 7.25. The smallest absolute Gasteiger partial charge is 0.159 e. The molecule has 0 aliphatic carbocycles. The minimum Gasteiger partial charge on any atom is -0.452 e. The van der Waals surface area contributed by atoms with Gasteiger partial charge in [-0.05, 0) is 77.2 Å². The molecule has 3 nitrogen and oxygen atoms in total. The van der Waals surface area contributed by atoms with E-state index in [-0.39, 0.29) is 5.41 Å². The molecule has 0 amide bonds. The molecular formula is C46H36N2O. The molecule has 9 rings (SSSR count). The summed E-state index contributed by atoms with van der Waals surface area (Å²) in [6.45, 7) is 6.85. The molecule has 3 heteroatoms. The van der Waals surface area contributed by atoms with Gasteiger partial charge in [0, 0.05) is 33.6 Å². The first-order valence-electron chi connectivity index (χ1n) is 17.0. The molecule has 236 valence electrons. The van der Waals surface area contributed by atoms with Crippen molar-refractivity contribution >= 4 is 34.1 Å². The van der Waals surface area contributed by atoms with Crippen LogP contribution >= 0.6 is 0 Å². The number of benzene rings is 7. The third-order valence-corrected chi connectivity index (χ3v) is 10.2. The van der Waals surface area contributed by atoms with Crippen LogP contribution in [-0.2, 0) is 5.41 Å². The average Bonchev–Trinajstić information content (AvgIpc) is 3.15. The van der Waals surface area contributed by atoms with E-state index in [1.54, 1.807) is 0 Å². The highest BCUT2D eigenvalue weighted by atomic mass is 16.5. The normalized spacial score (nSPS) is 13.5. The lowest BCUT2D eigenvalue weighted by molar-refractivity contribution is 0.474. The Balaban J connectivity index is 1.23. The van der Waals surface area contributed by atoms with Crippen LogP contribution in [-0.4, -0.2) is 0 Å². The van der Waals surface area contributed by atoms with Gasteiger partial charge >= 0.3 is 0 Å². The van der Waals surface area contributed by atoms with E-state index in [1.165, 1.54) is 22.4 Å². The monoisotopic (exact) mass is 632 g/mol. The van der Waals surface area contributed by atoms with E-state index in [4.69, 9.17) is 4.74 Å². The van der Waals surface area contributed by atoms with Crippen LogP contribution in [0.3, 0.4) is 0 Å². The van der Waals surface area contributed by atoms with Gasteiger partial charge in [0.2, 0.25) is 0 Å². The van der Waals surface area contributed by atoms with Gasteiger partial charge in [0.25, 0.3) is 0 Å². The molecule has 2 heterocycles. The molecule has 0 saturated heterocycles. The lowest BCUT2D eigenvalue weighted by Crippen LogP contribution is -2.32. The molecule has 2 aliphatic rings. The van der Waals surface area contributed by atoms with Crippen LogP contribution in [0.25, 0.3) is 22.3 Å². The Morgan fingerprint density at radius 2 is 0.980 bits per heavy atom. The lowest BCUT2D eigenvalue weighted by Gasteiger charge is -2.46. The molecule has 2 aliphatic heterocycles. The van der Waals surface area contributed by atoms with Gasteiger partial charge in [0.05, 0.1) is 17.1 Å². The molecule has 0 N–H and O–H groups in total. The Morgan fingerprint density at radius 3 is 1.63 bits per heavy atom. The minimum absolute atomic E-state index is 0.196. The fourth-order valence-corrected chi connectivity index (χ4v) is 7.71. The van der Waals surface area contributed by atoms with Crippen LogP contribution in [0.4, 0.5) is 34.1 Å². The zero-order valence-corrected chi connectivity index (χ0v) is 27.9. The van der Waals surface area contributed by atoms with Gasteiger partial charge in [-0.3, -0.25) is 0 Å². The van der Waals surface area contributed by atoms with E-state index < -0.39 is 0 Å². The molecule has 0 spiro atoms. The molecule has 7 aromatic carbocycles. The van der Waals surface area contributed by atoms with Crippen molar-refractivity contribution < 1.29 is 4.74 Å². The molecule has 0 radical (unpaired) electrons. The van der Waals surface area contributed by atoms with Crippen molar-refractivity contribution in [2.24, 2.45) is 0 Å². The van der Waals surface area contributed by atoms with E-state index in [1.807, 2.05) is 0 Å². The second-order valence-electron chi connectivity index (χ2n) is 13.4. The quantitative estimate of drug-likeness (QED) is 0.188.